The number of rotatable bonds is 6. The van der Waals surface area contributed by atoms with Crippen LogP contribution in [0, 0.1) is 11.6 Å². The lowest BCUT2D eigenvalue weighted by Gasteiger charge is -2.34. The molecule has 1 saturated heterocycles. The molecule has 2 heterocycles. The van der Waals surface area contributed by atoms with Crippen LogP contribution in [0.1, 0.15) is 22.5 Å². The first-order chi connectivity index (χ1) is 13.7. The van der Waals surface area contributed by atoms with Crippen molar-refractivity contribution < 1.29 is 26.8 Å². The second kappa shape index (κ2) is 8.86. The van der Waals surface area contributed by atoms with Crippen molar-refractivity contribution in [1.82, 2.24) is 9.21 Å². The van der Waals surface area contributed by atoms with Crippen LogP contribution in [-0.4, -0.2) is 55.5 Å². The van der Waals surface area contributed by atoms with E-state index in [1.165, 1.54) is 4.90 Å². The lowest BCUT2D eigenvalue weighted by Crippen LogP contribution is -2.50. The number of nitrogens with zero attached hydrogens (tertiary/aromatic N) is 2. The van der Waals surface area contributed by atoms with E-state index in [1.807, 2.05) is 0 Å². The maximum atomic E-state index is 13.9. The van der Waals surface area contributed by atoms with Gasteiger partial charge in [-0.3, -0.25) is 9.59 Å². The standard InChI is InChI=1S/C18H17ClF2N2O4S2/c19-17-5-4-15(28-17)14(24)3-6-18(25)22-7-9-23(10-8-22)29(26,27)16-11-12(20)1-2-13(16)21/h1-2,4-5,11H,3,6-10H2. The van der Waals surface area contributed by atoms with Gasteiger partial charge in [-0.2, -0.15) is 4.31 Å². The second-order valence-electron chi connectivity index (χ2n) is 6.39. The molecule has 156 valence electrons. The van der Waals surface area contributed by atoms with E-state index in [9.17, 15) is 26.8 Å². The van der Waals surface area contributed by atoms with Crippen molar-refractivity contribution in [3.05, 3.63) is 51.2 Å². The van der Waals surface area contributed by atoms with Crippen LogP contribution in [0.15, 0.2) is 35.2 Å². The van der Waals surface area contributed by atoms with Crippen LogP contribution in [0.25, 0.3) is 0 Å². The van der Waals surface area contributed by atoms with E-state index >= 15 is 0 Å². The highest BCUT2D eigenvalue weighted by Crippen LogP contribution is 2.24. The Morgan fingerprint density at radius 3 is 2.34 bits per heavy atom. The van der Waals surface area contributed by atoms with Crippen LogP contribution >= 0.6 is 22.9 Å². The summed E-state index contributed by atoms with van der Waals surface area (Å²) in [7, 11) is -4.21. The lowest BCUT2D eigenvalue weighted by molar-refractivity contribution is -0.132. The SMILES string of the molecule is O=C(CCC(=O)N1CCN(S(=O)(=O)c2cc(F)ccc2F)CC1)c1ccc(Cl)s1. The number of ketones is 1. The normalized spacial score (nSPS) is 15.5. The summed E-state index contributed by atoms with van der Waals surface area (Å²) in [6.07, 6.45) is 0.0301. The van der Waals surface area contributed by atoms with Crippen molar-refractivity contribution in [2.45, 2.75) is 17.7 Å². The van der Waals surface area contributed by atoms with Gasteiger partial charge in [0.15, 0.2) is 5.78 Å². The highest BCUT2D eigenvalue weighted by Gasteiger charge is 2.32. The van der Waals surface area contributed by atoms with Crippen LogP contribution in [0.3, 0.4) is 0 Å². The molecule has 1 aliphatic heterocycles. The number of amides is 1. The molecular formula is C18H17ClF2N2O4S2. The van der Waals surface area contributed by atoms with Crippen LogP contribution in [0.2, 0.25) is 4.34 Å². The number of piperazine rings is 1. The molecular weight excluding hydrogens is 446 g/mol. The average Bonchev–Trinajstić information content (AvgIpc) is 3.14. The minimum absolute atomic E-state index is 0.000370. The second-order valence-corrected chi connectivity index (χ2v) is 10.0. The number of carbonyl (C=O) groups is 2. The first-order valence-electron chi connectivity index (χ1n) is 8.70. The van der Waals surface area contributed by atoms with Crippen molar-refractivity contribution >= 4 is 44.7 Å². The summed E-state index contributed by atoms with van der Waals surface area (Å²) in [4.78, 5) is 25.6. The molecule has 0 radical (unpaired) electrons. The van der Waals surface area contributed by atoms with Gasteiger partial charge in [-0.1, -0.05) is 11.6 Å². The Balaban J connectivity index is 1.56. The Kier molecular flexibility index (Phi) is 6.67. The van der Waals surface area contributed by atoms with Crippen LogP contribution < -0.4 is 0 Å². The number of sulfonamides is 1. The Hall–Kier alpha value is -1.88. The molecule has 0 bridgehead atoms. The Bertz CT molecular complexity index is 1030. The summed E-state index contributed by atoms with van der Waals surface area (Å²) >= 11 is 6.94. The summed E-state index contributed by atoms with van der Waals surface area (Å²) < 4.78 is 53.9. The third-order valence-electron chi connectivity index (χ3n) is 4.52. The maximum absolute atomic E-state index is 13.9. The zero-order chi connectivity index (χ0) is 21.2. The highest BCUT2D eigenvalue weighted by molar-refractivity contribution is 7.89. The van der Waals surface area contributed by atoms with E-state index in [4.69, 9.17) is 11.6 Å². The fourth-order valence-electron chi connectivity index (χ4n) is 2.96. The van der Waals surface area contributed by atoms with Gasteiger partial charge in [0.1, 0.15) is 16.5 Å². The molecule has 0 N–H and O–H groups in total. The molecule has 1 aliphatic rings. The van der Waals surface area contributed by atoms with Gasteiger partial charge < -0.3 is 4.90 Å². The van der Waals surface area contributed by atoms with E-state index in [0.717, 1.165) is 27.8 Å². The Labute approximate surface area is 175 Å². The van der Waals surface area contributed by atoms with E-state index in [-0.39, 0.29) is 50.7 Å². The molecule has 0 unspecified atom stereocenters. The van der Waals surface area contributed by atoms with Crippen LogP contribution in [-0.2, 0) is 14.8 Å². The molecule has 29 heavy (non-hydrogen) atoms. The molecule has 11 heteroatoms. The van der Waals surface area contributed by atoms with Crippen LogP contribution in [0.4, 0.5) is 8.78 Å². The van der Waals surface area contributed by atoms with Gasteiger partial charge >= 0.3 is 0 Å². The van der Waals surface area contributed by atoms with E-state index < -0.39 is 26.6 Å². The fourth-order valence-corrected chi connectivity index (χ4v) is 5.47. The molecule has 0 spiro atoms. The summed E-state index contributed by atoms with van der Waals surface area (Å²) in [6, 6.07) is 5.47. The minimum Gasteiger partial charge on any atom is -0.340 e. The van der Waals surface area contributed by atoms with Crippen molar-refractivity contribution in [3.63, 3.8) is 0 Å². The number of halogens is 3. The number of hydrogen-bond acceptors (Lipinski definition) is 5. The van der Waals surface area contributed by atoms with E-state index in [0.29, 0.717) is 15.3 Å². The first kappa shape index (κ1) is 21.8. The molecule has 0 aliphatic carbocycles. The monoisotopic (exact) mass is 462 g/mol. The third-order valence-corrected chi connectivity index (χ3v) is 7.70. The van der Waals surface area contributed by atoms with Crippen molar-refractivity contribution in [2.24, 2.45) is 0 Å². The maximum Gasteiger partial charge on any atom is 0.246 e. The van der Waals surface area contributed by atoms with Gasteiger partial charge in [0, 0.05) is 39.0 Å². The predicted molar refractivity (Wildman–Crippen MR) is 105 cm³/mol. The minimum atomic E-state index is -4.21. The zero-order valence-corrected chi connectivity index (χ0v) is 17.5. The largest absolute Gasteiger partial charge is 0.340 e. The summed E-state index contributed by atoms with van der Waals surface area (Å²) in [5.74, 6) is -2.33. The summed E-state index contributed by atoms with van der Waals surface area (Å²) in [5, 5.41) is 0. The molecule has 3 rings (SSSR count). The zero-order valence-electron chi connectivity index (χ0n) is 15.1. The summed E-state index contributed by atoms with van der Waals surface area (Å²) in [6.45, 7) is 0.124. The number of benzene rings is 1. The average molecular weight is 463 g/mol. The number of thiophene rings is 1. The predicted octanol–water partition coefficient (Wildman–Crippen LogP) is 3.18. The van der Waals surface area contributed by atoms with Gasteiger partial charge in [0.25, 0.3) is 0 Å². The van der Waals surface area contributed by atoms with Gasteiger partial charge in [-0.05, 0) is 30.3 Å². The number of carbonyl (C=O) groups excluding carboxylic acids is 2. The molecule has 2 aromatic rings. The first-order valence-corrected chi connectivity index (χ1v) is 11.3. The molecule has 0 atom stereocenters. The van der Waals surface area contributed by atoms with Gasteiger partial charge in [-0.25, -0.2) is 17.2 Å². The fraction of sp³-hybridized carbons (Fsp3) is 0.333. The van der Waals surface area contributed by atoms with E-state index in [1.54, 1.807) is 12.1 Å². The summed E-state index contributed by atoms with van der Waals surface area (Å²) in [5.41, 5.74) is 0. The van der Waals surface area contributed by atoms with Gasteiger partial charge in [-0.15, -0.1) is 11.3 Å². The Morgan fingerprint density at radius 1 is 1.03 bits per heavy atom. The quantitative estimate of drug-likeness (QED) is 0.618. The number of Topliss-reactive ketones (excluding diaryl/α,β-unsaturated/α-hetero) is 1. The molecule has 1 aromatic heterocycles. The smallest absolute Gasteiger partial charge is 0.246 e. The van der Waals surface area contributed by atoms with Gasteiger partial charge in [0.2, 0.25) is 15.9 Å². The van der Waals surface area contributed by atoms with Crippen LogP contribution in [0.5, 0.6) is 0 Å². The Morgan fingerprint density at radius 2 is 1.72 bits per heavy atom. The molecule has 1 amide bonds. The molecule has 1 fully saturated rings. The van der Waals surface area contributed by atoms with E-state index in [2.05, 4.69) is 0 Å². The van der Waals surface area contributed by atoms with Gasteiger partial charge in [0.05, 0.1) is 9.21 Å². The topological polar surface area (TPSA) is 74.8 Å². The third kappa shape index (κ3) is 5.00. The highest BCUT2D eigenvalue weighted by atomic mass is 35.5. The molecule has 6 nitrogen and oxygen atoms in total. The van der Waals surface area contributed by atoms with Crippen molar-refractivity contribution in [3.8, 4) is 0 Å². The lowest BCUT2D eigenvalue weighted by atomic mass is 10.1. The van der Waals surface area contributed by atoms with Crippen molar-refractivity contribution in [1.29, 1.82) is 0 Å². The molecule has 0 saturated carbocycles. The molecule has 1 aromatic carbocycles. The van der Waals surface area contributed by atoms with Crippen molar-refractivity contribution in [2.75, 3.05) is 26.2 Å². The number of hydrogen-bond donors (Lipinski definition) is 0.